The Kier molecular flexibility index (Phi) is 5.00. The minimum Gasteiger partial charge on any atom is -0.442 e. The molecule has 0 N–H and O–H groups in total. The summed E-state index contributed by atoms with van der Waals surface area (Å²) in [5, 5.41) is 0. The van der Waals surface area contributed by atoms with Crippen molar-refractivity contribution in [2.24, 2.45) is 0 Å². The van der Waals surface area contributed by atoms with Gasteiger partial charge in [0.25, 0.3) is 6.72 Å². The van der Waals surface area contributed by atoms with Gasteiger partial charge >= 0.3 is 11.7 Å². The van der Waals surface area contributed by atoms with Crippen LogP contribution < -0.4 is 4.67 Å². The first-order valence-electron chi connectivity index (χ1n) is 9.26. The second-order valence-electron chi connectivity index (χ2n) is 7.14. The van der Waals surface area contributed by atoms with Gasteiger partial charge in [-0.1, -0.05) is 57.4 Å². The normalized spacial score (nSPS) is 24.3. The second-order valence-corrected chi connectivity index (χ2v) is 8.06. The quantitative estimate of drug-likeness (QED) is 0.428. The second kappa shape index (κ2) is 7.43. The van der Waals surface area contributed by atoms with E-state index in [9.17, 15) is 4.79 Å². The van der Waals surface area contributed by atoms with Crippen molar-refractivity contribution in [2.45, 2.75) is 30.9 Å². The summed E-state index contributed by atoms with van der Waals surface area (Å²) in [4.78, 5) is 15.5. The van der Waals surface area contributed by atoms with E-state index in [1.54, 1.807) is 0 Å². The van der Waals surface area contributed by atoms with Crippen molar-refractivity contribution in [3.63, 3.8) is 0 Å². The van der Waals surface area contributed by atoms with Crippen LogP contribution >= 0.6 is 15.9 Å². The number of hydrogen-bond acceptors (Lipinski definition) is 3. The Morgan fingerprint density at radius 2 is 1.89 bits per heavy atom. The molecule has 138 valence electrons. The van der Waals surface area contributed by atoms with Crippen LogP contribution in [0.2, 0.25) is 0 Å². The zero-order chi connectivity index (χ0) is 18.9. The zero-order valence-electron chi connectivity index (χ0n) is 15.1. The van der Waals surface area contributed by atoms with Crippen molar-refractivity contribution in [3.8, 4) is 0 Å². The molecule has 0 aliphatic carbocycles. The van der Waals surface area contributed by atoms with Gasteiger partial charge in [0.1, 0.15) is 0 Å². The lowest BCUT2D eigenvalue weighted by molar-refractivity contribution is -0.205. The lowest BCUT2D eigenvalue weighted by Crippen LogP contribution is -2.70. The van der Waals surface area contributed by atoms with Crippen LogP contribution in [-0.2, 0) is 15.1 Å². The number of fused-ring (bicyclic) bond motifs is 1. The molecule has 2 fully saturated rings. The molecule has 2 heterocycles. The van der Waals surface area contributed by atoms with Crippen LogP contribution in [0.15, 0.2) is 59.1 Å². The molecule has 2 aromatic rings. The van der Waals surface area contributed by atoms with Crippen LogP contribution in [0.25, 0.3) is 0 Å². The molecule has 4 nitrogen and oxygen atoms in total. The Labute approximate surface area is 167 Å². The summed E-state index contributed by atoms with van der Waals surface area (Å²) in [6.07, 6.45) is 3.41. The fourth-order valence-corrected chi connectivity index (χ4v) is 4.53. The maximum Gasteiger partial charge on any atom is 0.424 e. The Morgan fingerprint density at radius 1 is 1.15 bits per heavy atom. The maximum absolute atomic E-state index is 13.1. The molecule has 0 aromatic heterocycles. The smallest absolute Gasteiger partial charge is 0.424 e. The van der Waals surface area contributed by atoms with Crippen LogP contribution in [0.3, 0.4) is 0 Å². The van der Waals surface area contributed by atoms with Crippen LogP contribution in [-0.4, -0.2) is 42.4 Å². The highest BCUT2D eigenvalue weighted by Crippen LogP contribution is 2.46. The summed E-state index contributed by atoms with van der Waals surface area (Å²) in [6.45, 7) is 5.40. The average molecular weight is 426 g/mol. The molecule has 0 amide bonds. The fourth-order valence-electron chi connectivity index (χ4n) is 4.26. The number of carbonyl (C=O) groups excluding carboxylic acids is 1. The number of halogens is 1. The average Bonchev–Trinajstić information content (AvgIpc) is 2.69. The predicted molar refractivity (Wildman–Crippen MR) is 111 cm³/mol. The van der Waals surface area contributed by atoms with Crippen LogP contribution in [0.5, 0.6) is 0 Å². The minimum absolute atomic E-state index is 0.230. The Balaban J connectivity index is 1.65. The lowest BCUT2D eigenvalue weighted by atomic mass is 9.73. The number of rotatable bonds is 4. The predicted octanol–water partition coefficient (Wildman–Crippen LogP) is 3.31. The van der Waals surface area contributed by atoms with Gasteiger partial charge in [-0.05, 0) is 49.2 Å². The van der Waals surface area contributed by atoms with Gasteiger partial charge in [0.15, 0.2) is 5.60 Å². The van der Waals surface area contributed by atoms with Gasteiger partial charge in [0.2, 0.25) is 0 Å². The minimum atomic E-state index is -0.607. The molecule has 0 spiro atoms. The summed E-state index contributed by atoms with van der Waals surface area (Å²) in [5.74, 6) is -0.415. The Hall–Kier alpha value is -2.20. The number of piperidine rings is 1. The summed E-state index contributed by atoms with van der Waals surface area (Å²) in [7, 11) is 0. The number of benzene rings is 2. The molecule has 0 bridgehead atoms. The highest BCUT2D eigenvalue weighted by molar-refractivity contribution is 9.10. The van der Waals surface area contributed by atoms with Crippen molar-refractivity contribution >= 4 is 34.3 Å². The molecular weight excluding hydrogens is 404 g/mol. The van der Waals surface area contributed by atoms with Crippen molar-refractivity contribution in [3.05, 3.63) is 70.2 Å². The molecule has 2 aliphatic heterocycles. The number of hydrogen-bond donors (Lipinski definition) is 0. The van der Waals surface area contributed by atoms with Crippen LogP contribution in [0.4, 0.5) is 0 Å². The molecule has 2 atom stereocenters. The molecule has 4 rings (SSSR count). The molecule has 0 radical (unpaired) electrons. The van der Waals surface area contributed by atoms with Crippen molar-refractivity contribution < 1.29 is 9.53 Å². The van der Waals surface area contributed by atoms with E-state index >= 15 is 0 Å². The molecule has 2 saturated heterocycles. The van der Waals surface area contributed by atoms with Crippen LogP contribution in [0.1, 0.15) is 30.4 Å². The Morgan fingerprint density at radius 3 is 2.56 bits per heavy atom. The van der Waals surface area contributed by atoms with Gasteiger partial charge < -0.3 is 4.74 Å². The topological polar surface area (TPSA) is 43.6 Å². The first-order valence-corrected chi connectivity index (χ1v) is 10.1. The highest BCUT2D eigenvalue weighted by Gasteiger charge is 2.58. The van der Waals surface area contributed by atoms with E-state index in [2.05, 4.69) is 44.3 Å². The van der Waals surface area contributed by atoms with E-state index in [1.807, 2.05) is 42.5 Å². The van der Waals surface area contributed by atoms with Gasteiger partial charge in [-0.3, -0.25) is 4.90 Å². The number of ether oxygens (including phenoxy) is 1. The summed E-state index contributed by atoms with van der Waals surface area (Å²) in [6, 6.07) is 17.8. The first kappa shape index (κ1) is 18.2. The van der Waals surface area contributed by atoms with Gasteiger partial charge in [-0.15, -0.1) is 0 Å². The summed E-state index contributed by atoms with van der Waals surface area (Å²) in [5.41, 5.74) is 1.42. The van der Waals surface area contributed by atoms with Gasteiger partial charge in [-0.25, -0.2) is 4.79 Å². The SMILES string of the molecule is C=[N+]=C(C(=O)O[C@@]1(c2ccccc2)CN2CCCC[C@H]21)c1ccc(Br)cc1. The standard InChI is InChI=1S/C22H22BrN2O2/c1-24-20(16-10-12-18(23)13-11-16)21(26)27-22(17-7-3-2-4-8-17)15-25-14-6-5-9-19(22)25/h2-4,7-8,10-13,19H,1,5-6,9,14-15H2/q+1/t19-,22+/m0/s1. The third-order valence-corrected chi connectivity index (χ3v) is 6.12. The first-order chi connectivity index (χ1) is 13.1. The molecule has 2 aromatic carbocycles. The highest BCUT2D eigenvalue weighted by atomic mass is 79.9. The third-order valence-electron chi connectivity index (χ3n) is 5.60. The molecule has 0 unspecified atom stereocenters. The van der Waals surface area contributed by atoms with E-state index < -0.39 is 11.6 Å². The van der Waals surface area contributed by atoms with Crippen molar-refractivity contribution in [2.75, 3.05) is 13.1 Å². The van der Waals surface area contributed by atoms with Crippen molar-refractivity contribution in [1.82, 2.24) is 9.57 Å². The monoisotopic (exact) mass is 425 g/mol. The van der Waals surface area contributed by atoms with Crippen LogP contribution in [0, 0.1) is 0 Å². The lowest BCUT2D eigenvalue weighted by Gasteiger charge is -2.58. The fraction of sp³-hybridized carbons (Fsp3) is 0.318. The molecular formula is C22H22BrN2O2+. The van der Waals surface area contributed by atoms with E-state index in [4.69, 9.17) is 4.74 Å². The third kappa shape index (κ3) is 3.27. The molecule has 2 aliphatic rings. The van der Waals surface area contributed by atoms with E-state index in [0.29, 0.717) is 5.56 Å². The maximum atomic E-state index is 13.1. The Bertz CT molecular complexity index is 890. The number of nitrogens with zero attached hydrogens (tertiary/aromatic N) is 2. The van der Waals surface area contributed by atoms with E-state index in [1.165, 1.54) is 6.42 Å². The zero-order valence-corrected chi connectivity index (χ0v) is 16.7. The van der Waals surface area contributed by atoms with E-state index in [0.717, 1.165) is 36.0 Å². The number of carbonyl (C=O) groups is 1. The molecule has 5 heteroatoms. The molecule has 27 heavy (non-hydrogen) atoms. The van der Waals surface area contributed by atoms with Gasteiger partial charge in [-0.2, -0.15) is 0 Å². The van der Waals surface area contributed by atoms with E-state index in [-0.39, 0.29) is 11.8 Å². The van der Waals surface area contributed by atoms with Crippen molar-refractivity contribution in [1.29, 1.82) is 0 Å². The number of esters is 1. The summed E-state index contributed by atoms with van der Waals surface area (Å²) < 4.78 is 11.1. The largest absolute Gasteiger partial charge is 0.442 e. The van der Waals surface area contributed by atoms with Gasteiger partial charge in [0.05, 0.1) is 11.6 Å². The molecule has 0 saturated carbocycles. The van der Waals surface area contributed by atoms with Gasteiger partial charge in [0, 0.05) is 11.0 Å². The summed E-state index contributed by atoms with van der Waals surface area (Å²) >= 11 is 3.41.